The summed E-state index contributed by atoms with van der Waals surface area (Å²) in [6.07, 6.45) is -9.82. The van der Waals surface area contributed by atoms with E-state index in [2.05, 4.69) is 0 Å². The van der Waals surface area contributed by atoms with Gasteiger partial charge in [0.2, 0.25) is 0 Å². The van der Waals surface area contributed by atoms with Crippen molar-refractivity contribution in [2.24, 2.45) is 0 Å². The van der Waals surface area contributed by atoms with Gasteiger partial charge in [0.25, 0.3) is 0 Å². The van der Waals surface area contributed by atoms with E-state index in [9.17, 15) is 46.1 Å². The SMILES string of the molecule is CC(=O)/C=C(\[O-])C(F)(F)F.CC(=O)/C=C(\[O-])C(F)(F)F.[Mg+2]. The van der Waals surface area contributed by atoms with Crippen LogP contribution in [0, 0.1) is 0 Å². The molecule has 0 saturated heterocycles. The molecule has 116 valence electrons. The Morgan fingerprint density at radius 2 is 0.952 bits per heavy atom. The fraction of sp³-hybridized carbons (Fsp3) is 0.400. The number of hydrogen-bond donors (Lipinski definition) is 0. The summed E-state index contributed by atoms with van der Waals surface area (Å²) in [5, 5.41) is 19.7. The standard InChI is InChI=1S/2C5H5F3O2.Mg/c2*1-3(9)2-4(10)5(6,7)8;/h2*2,10H,1H3;/q;;+2/p-2/b2*4-2-;. The molecule has 0 saturated carbocycles. The summed E-state index contributed by atoms with van der Waals surface area (Å²) >= 11 is 0. The van der Waals surface area contributed by atoms with Gasteiger partial charge in [-0.25, -0.2) is 0 Å². The summed E-state index contributed by atoms with van der Waals surface area (Å²) in [5.41, 5.74) is 0. The van der Waals surface area contributed by atoms with E-state index in [1.165, 1.54) is 0 Å². The quantitative estimate of drug-likeness (QED) is 0.317. The zero-order valence-electron chi connectivity index (χ0n) is 10.8. The summed E-state index contributed by atoms with van der Waals surface area (Å²) in [7, 11) is 0. The van der Waals surface area contributed by atoms with Crippen LogP contribution in [0.5, 0.6) is 0 Å². The van der Waals surface area contributed by atoms with Crippen LogP contribution in [0.1, 0.15) is 13.8 Å². The first-order valence-electron chi connectivity index (χ1n) is 4.61. The molecule has 0 atom stereocenters. The molecule has 4 nitrogen and oxygen atoms in total. The summed E-state index contributed by atoms with van der Waals surface area (Å²) in [6.45, 7) is 1.76. The molecular weight excluding hydrogens is 322 g/mol. The molecule has 0 aromatic carbocycles. The van der Waals surface area contributed by atoms with Gasteiger partial charge in [0.15, 0.2) is 11.6 Å². The van der Waals surface area contributed by atoms with Crippen molar-refractivity contribution in [3.05, 3.63) is 23.7 Å². The maximum atomic E-state index is 11.3. The minimum atomic E-state index is -4.92. The first-order chi connectivity index (χ1) is 8.67. The molecule has 0 fully saturated rings. The van der Waals surface area contributed by atoms with Crippen LogP contribution in [0.3, 0.4) is 0 Å². The second-order valence-corrected chi connectivity index (χ2v) is 3.23. The number of rotatable bonds is 2. The van der Waals surface area contributed by atoms with Gasteiger partial charge in [-0.1, -0.05) is 0 Å². The fourth-order valence-electron chi connectivity index (χ4n) is 0.533. The minimum absolute atomic E-state index is 0. The summed E-state index contributed by atoms with van der Waals surface area (Å²) in [4.78, 5) is 19.8. The van der Waals surface area contributed by atoms with Gasteiger partial charge in [-0.15, -0.1) is 0 Å². The van der Waals surface area contributed by atoms with Crippen molar-refractivity contribution in [2.45, 2.75) is 26.2 Å². The van der Waals surface area contributed by atoms with E-state index in [1.807, 2.05) is 0 Å². The average molecular weight is 330 g/mol. The van der Waals surface area contributed by atoms with Gasteiger partial charge in [-0.2, -0.15) is 26.3 Å². The Balaban J connectivity index is -0.000000295. The van der Waals surface area contributed by atoms with E-state index in [1.54, 1.807) is 0 Å². The van der Waals surface area contributed by atoms with Crippen molar-refractivity contribution in [1.82, 2.24) is 0 Å². The molecule has 0 spiro atoms. The topological polar surface area (TPSA) is 80.3 Å². The van der Waals surface area contributed by atoms with Crippen molar-refractivity contribution < 1.29 is 46.1 Å². The van der Waals surface area contributed by atoms with Gasteiger partial charge in [0, 0.05) is 0 Å². The molecule has 0 aliphatic heterocycles. The summed E-state index contributed by atoms with van der Waals surface area (Å²) in [5.74, 6) is -6.02. The Bertz CT molecular complexity index is 382. The van der Waals surface area contributed by atoms with Gasteiger partial charge in [0.05, 0.1) is 0 Å². The third-order valence-corrected chi connectivity index (χ3v) is 1.23. The Kier molecular flexibility index (Phi) is 11.4. The molecule has 0 N–H and O–H groups in total. The van der Waals surface area contributed by atoms with Gasteiger partial charge in [-0.3, -0.25) is 9.59 Å². The Morgan fingerprint density at radius 1 is 0.762 bits per heavy atom. The Labute approximate surface area is 131 Å². The second-order valence-electron chi connectivity index (χ2n) is 3.23. The van der Waals surface area contributed by atoms with Gasteiger partial charge < -0.3 is 10.2 Å². The number of carbonyl (C=O) groups is 2. The third-order valence-electron chi connectivity index (χ3n) is 1.23. The molecule has 0 aromatic heterocycles. The van der Waals surface area contributed by atoms with Crippen molar-refractivity contribution >= 4 is 34.6 Å². The van der Waals surface area contributed by atoms with E-state index < -0.39 is 35.4 Å². The molecule has 0 heterocycles. The minimum Gasteiger partial charge on any atom is -0.869 e. The van der Waals surface area contributed by atoms with Crippen LogP contribution in [0.15, 0.2) is 23.7 Å². The van der Waals surface area contributed by atoms with E-state index >= 15 is 0 Å². The van der Waals surface area contributed by atoms with E-state index in [4.69, 9.17) is 0 Å². The van der Waals surface area contributed by atoms with Crippen molar-refractivity contribution in [1.29, 1.82) is 0 Å². The summed E-state index contributed by atoms with van der Waals surface area (Å²) in [6, 6.07) is 0. The fourth-order valence-corrected chi connectivity index (χ4v) is 0.533. The monoisotopic (exact) mass is 330 g/mol. The van der Waals surface area contributed by atoms with Gasteiger partial charge in [-0.05, 0) is 37.5 Å². The third kappa shape index (κ3) is 15.0. The molecule has 0 amide bonds. The molecule has 0 bridgehead atoms. The number of halogens is 6. The van der Waals surface area contributed by atoms with Crippen molar-refractivity contribution in [2.75, 3.05) is 0 Å². The Morgan fingerprint density at radius 3 is 1.00 bits per heavy atom. The molecule has 0 aliphatic carbocycles. The largest absolute Gasteiger partial charge is 2.00 e. The molecule has 21 heavy (non-hydrogen) atoms. The van der Waals surface area contributed by atoms with Gasteiger partial charge >= 0.3 is 35.4 Å². The number of ketones is 2. The first kappa shape index (κ1) is 24.8. The number of hydrogen-bond acceptors (Lipinski definition) is 4. The van der Waals surface area contributed by atoms with Crippen LogP contribution < -0.4 is 10.2 Å². The number of allylic oxidation sites excluding steroid dienone is 4. The normalized spacial score (nSPS) is 12.8. The molecular formula is C10H8F6MgO4. The smallest absolute Gasteiger partial charge is 0.869 e. The van der Waals surface area contributed by atoms with Crippen molar-refractivity contribution in [3.8, 4) is 0 Å². The van der Waals surface area contributed by atoms with Crippen LogP contribution in [0.2, 0.25) is 0 Å². The maximum Gasteiger partial charge on any atom is 2.00 e. The van der Waals surface area contributed by atoms with Crippen LogP contribution in [-0.2, 0) is 9.59 Å². The first-order valence-corrected chi connectivity index (χ1v) is 4.61. The second kappa shape index (κ2) is 9.66. The van der Waals surface area contributed by atoms with E-state index in [0.29, 0.717) is 0 Å². The van der Waals surface area contributed by atoms with E-state index in [-0.39, 0.29) is 35.2 Å². The zero-order chi connectivity index (χ0) is 16.7. The average Bonchev–Trinajstić information content (AvgIpc) is 2.13. The molecule has 0 rings (SSSR count). The molecule has 0 unspecified atom stereocenters. The predicted octanol–water partition coefficient (Wildman–Crippen LogP) is 0.383. The maximum absolute atomic E-state index is 11.3. The zero-order valence-corrected chi connectivity index (χ0v) is 12.2. The van der Waals surface area contributed by atoms with Crippen LogP contribution in [-0.4, -0.2) is 47.0 Å². The number of alkyl halides is 6. The van der Waals surface area contributed by atoms with Crippen LogP contribution in [0.4, 0.5) is 26.3 Å². The van der Waals surface area contributed by atoms with E-state index in [0.717, 1.165) is 13.8 Å². The number of carbonyl (C=O) groups excluding carboxylic acids is 2. The molecule has 0 aliphatic rings. The predicted molar refractivity (Wildman–Crippen MR) is 55.4 cm³/mol. The molecule has 0 radical (unpaired) electrons. The molecule has 0 aromatic rings. The summed E-state index contributed by atoms with van der Waals surface area (Å²) < 4.78 is 67.7. The van der Waals surface area contributed by atoms with Crippen LogP contribution in [0.25, 0.3) is 0 Å². The van der Waals surface area contributed by atoms with Crippen LogP contribution >= 0.6 is 0 Å². The Hall–Kier alpha value is -1.23. The van der Waals surface area contributed by atoms with Gasteiger partial charge in [0.1, 0.15) is 0 Å². The van der Waals surface area contributed by atoms with Crippen molar-refractivity contribution in [3.63, 3.8) is 0 Å². The molecule has 11 heteroatoms.